The Hall–Kier alpha value is -3.51. The normalized spacial score (nSPS) is 12.7. The summed E-state index contributed by atoms with van der Waals surface area (Å²) in [6.07, 6.45) is 6.56. The van der Waals surface area contributed by atoms with Crippen molar-refractivity contribution in [2.75, 3.05) is 11.9 Å². The van der Waals surface area contributed by atoms with Gasteiger partial charge in [-0.3, -0.25) is 9.59 Å². The lowest BCUT2D eigenvalue weighted by atomic mass is 9.96. The largest absolute Gasteiger partial charge is 0.451 e. The summed E-state index contributed by atoms with van der Waals surface area (Å²) in [4.78, 5) is 39.3. The quantitative estimate of drug-likeness (QED) is 0.383. The fourth-order valence-corrected chi connectivity index (χ4v) is 5.44. The van der Waals surface area contributed by atoms with Crippen molar-refractivity contribution < 1.29 is 14.3 Å². The first kappa shape index (κ1) is 23.6. The molecular weight excluding hydrogens is 452 g/mol. The SMILES string of the molecule is CCCCCn1nc(C(=O)OCC(=O)Nc2sc3c(c2C#N)CCCC3)c2ccccc2c1=O. The van der Waals surface area contributed by atoms with Crippen LogP contribution in [0, 0.1) is 11.3 Å². The highest BCUT2D eigenvalue weighted by molar-refractivity contribution is 7.16. The summed E-state index contributed by atoms with van der Waals surface area (Å²) < 4.78 is 6.55. The second kappa shape index (κ2) is 10.6. The molecule has 0 spiro atoms. The molecule has 1 N–H and O–H groups in total. The molecule has 8 nitrogen and oxygen atoms in total. The highest BCUT2D eigenvalue weighted by atomic mass is 32.1. The van der Waals surface area contributed by atoms with Crippen molar-refractivity contribution in [1.82, 2.24) is 9.78 Å². The molecule has 0 aliphatic heterocycles. The maximum atomic E-state index is 12.9. The molecule has 0 atom stereocenters. The summed E-state index contributed by atoms with van der Waals surface area (Å²) in [6.45, 7) is 1.95. The van der Waals surface area contributed by atoms with Crippen LogP contribution in [0.2, 0.25) is 0 Å². The van der Waals surface area contributed by atoms with Crippen LogP contribution in [-0.2, 0) is 28.9 Å². The third kappa shape index (κ3) is 4.87. The molecule has 4 rings (SSSR count). The molecule has 0 saturated carbocycles. The standard InChI is InChI=1S/C25H26N4O4S/c1-2-3-8-13-29-24(31)18-11-5-4-10-17(18)22(28-29)25(32)33-15-21(30)27-23-19(14-26)16-9-6-7-12-20(16)34-23/h4-5,10-11H,2-3,6-9,12-13,15H2,1H3,(H,27,30). The van der Waals surface area contributed by atoms with Crippen molar-refractivity contribution in [2.24, 2.45) is 0 Å². The van der Waals surface area contributed by atoms with E-state index in [0.29, 0.717) is 27.9 Å². The summed E-state index contributed by atoms with van der Waals surface area (Å²) in [5.74, 6) is -1.30. The Morgan fingerprint density at radius 2 is 1.97 bits per heavy atom. The minimum absolute atomic E-state index is 0.00352. The lowest BCUT2D eigenvalue weighted by Crippen LogP contribution is -2.28. The number of fused-ring (bicyclic) bond motifs is 2. The van der Waals surface area contributed by atoms with E-state index in [4.69, 9.17) is 4.74 Å². The van der Waals surface area contributed by atoms with Gasteiger partial charge in [-0.05, 0) is 43.7 Å². The second-order valence-corrected chi connectivity index (χ2v) is 9.39. The third-order valence-electron chi connectivity index (χ3n) is 5.90. The van der Waals surface area contributed by atoms with E-state index in [9.17, 15) is 19.6 Å². The molecule has 1 aliphatic rings. The fourth-order valence-electron chi connectivity index (χ4n) is 4.18. The molecule has 34 heavy (non-hydrogen) atoms. The van der Waals surface area contributed by atoms with Crippen LogP contribution in [0.25, 0.3) is 10.8 Å². The van der Waals surface area contributed by atoms with Crippen LogP contribution in [0.15, 0.2) is 29.1 Å². The highest BCUT2D eigenvalue weighted by Crippen LogP contribution is 2.37. The molecule has 1 aliphatic carbocycles. The number of nitriles is 1. The maximum absolute atomic E-state index is 12.9. The minimum Gasteiger partial charge on any atom is -0.451 e. The van der Waals surface area contributed by atoms with E-state index < -0.39 is 18.5 Å². The van der Waals surface area contributed by atoms with E-state index in [1.54, 1.807) is 24.3 Å². The Balaban J connectivity index is 1.50. The Morgan fingerprint density at radius 1 is 1.21 bits per heavy atom. The predicted octanol–water partition coefficient (Wildman–Crippen LogP) is 4.19. The number of aryl methyl sites for hydroxylation is 2. The maximum Gasteiger partial charge on any atom is 0.359 e. The van der Waals surface area contributed by atoms with E-state index >= 15 is 0 Å². The number of hydrogen-bond donors (Lipinski definition) is 1. The fraction of sp³-hybridized carbons (Fsp3) is 0.400. The van der Waals surface area contributed by atoms with Gasteiger partial charge in [-0.1, -0.05) is 38.0 Å². The monoisotopic (exact) mass is 478 g/mol. The van der Waals surface area contributed by atoms with Crippen LogP contribution in [0.4, 0.5) is 5.00 Å². The number of thiophene rings is 1. The zero-order valence-corrected chi connectivity index (χ0v) is 19.9. The second-order valence-electron chi connectivity index (χ2n) is 8.28. The summed E-state index contributed by atoms with van der Waals surface area (Å²) in [5.41, 5.74) is 1.27. The average Bonchev–Trinajstić information content (AvgIpc) is 3.21. The number of unbranched alkanes of at least 4 members (excludes halogenated alkanes) is 2. The molecule has 3 aromatic rings. The molecule has 0 fully saturated rings. The summed E-state index contributed by atoms with van der Waals surface area (Å²) in [6, 6.07) is 8.95. The van der Waals surface area contributed by atoms with Gasteiger partial charge in [0.05, 0.1) is 10.9 Å². The number of amides is 1. The van der Waals surface area contributed by atoms with Crippen molar-refractivity contribution in [3.8, 4) is 6.07 Å². The lowest BCUT2D eigenvalue weighted by molar-refractivity contribution is -0.119. The van der Waals surface area contributed by atoms with Crippen LogP contribution in [0.1, 0.15) is 65.5 Å². The summed E-state index contributed by atoms with van der Waals surface area (Å²) >= 11 is 1.41. The first-order valence-corrected chi connectivity index (χ1v) is 12.4. The van der Waals surface area contributed by atoms with Crippen LogP contribution in [-0.4, -0.2) is 28.3 Å². The van der Waals surface area contributed by atoms with Gasteiger partial charge >= 0.3 is 5.97 Å². The van der Waals surface area contributed by atoms with Crippen LogP contribution in [0.3, 0.4) is 0 Å². The van der Waals surface area contributed by atoms with E-state index in [1.807, 2.05) is 0 Å². The molecular formula is C25H26N4O4S. The number of anilines is 1. The van der Waals surface area contributed by atoms with E-state index in [2.05, 4.69) is 23.4 Å². The van der Waals surface area contributed by atoms with Crippen molar-refractivity contribution in [1.29, 1.82) is 5.26 Å². The van der Waals surface area contributed by atoms with Gasteiger partial charge in [-0.25, -0.2) is 9.48 Å². The molecule has 0 radical (unpaired) electrons. The van der Waals surface area contributed by atoms with Crippen molar-refractivity contribution >= 4 is 39.0 Å². The van der Waals surface area contributed by atoms with Gasteiger partial charge in [-0.15, -0.1) is 11.3 Å². The number of hydrogen-bond acceptors (Lipinski definition) is 7. The number of benzene rings is 1. The molecule has 0 saturated heterocycles. The molecule has 0 bridgehead atoms. The zero-order valence-electron chi connectivity index (χ0n) is 19.1. The lowest BCUT2D eigenvalue weighted by Gasteiger charge is -2.11. The van der Waals surface area contributed by atoms with Gasteiger partial charge in [-0.2, -0.15) is 10.4 Å². The Labute approximate surface area is 201 Å². The van der Waals surface area contributed by atoms with E-state index in [0.717, 1.165) is 55.4 Å². The number of carbonyl (C=O) groups excluding carboxylic acids is 2. The van der Waals surface area contributed by atoms with Crippen molar-refractivity contribution in [2.45, 2.75) is 58.4 Å². The molecule has 176 valence electrons. The topological polar surface area (TPSA) is 114 Å². The Morgan fingerprint density at radius 3 is 2.74 bits per heavy atom. The van der Waals surface area contributed by atoms with Gasteiger partial charge in [0.15, 0.2) is 12.3 Å². The van der Waals surface area contributed by atoms with Gasteiger partial charge in [0.2, 0.25) is 0 Å². The highest BCUT2D eigenvalue weighted by Gasteiger charge is 2.23. The van der Waals surface area contributed by atoms with Gasteiger partial charge in [0, 0.05) is 16.8 Å². The number of nitrogens with one attached hydrogen (secondary N) is 1. The summed E-state index contributed by atoms with van der Waals surface area (Å²) in [7, 11) is 0. The van der Waals surface area contributed by atoms with E-state index in [-0.39, 0.29) is 11.3 Å². The number of rotatable bonds is 8. The molecule has 0 unspecified atom stereocenters. The predicted molar refractivity (Wildman–Crippen MR) is 130 cm³/mol. The average molecular weight is 479 g/mol. The molecule has 2 heterocycles. The van der Waals surface area contributed by atoms with Crippen LogP contribution >= 0.6 is 11.3 Å². The smallest absolute Gasteiger partial charge is 0.359 e. The molecule has 1 aromatic carbocycles. The van der Waals surface area contributed by atoms with E-state index in [1.165, 1.54) is 16.0 Å². The van der Waals surface area contributed by atoms with Gasteiger partial charge in [0.25, 0.3) is 11.5 Å². The molecule has 9 heteroatoms. The Kier molecular flexibility index (Phi) is 7.38. The summed E-state index contributed by atoms with van der Waals surface area (Å²) in [5, 5.41) is 17.8. The number of nitrogens with zero attached hydrogens (tertiary/aromatic N) is 3. The number of esters is 1. The van der Waals surface area contributed by atoms with Gasteiger partial charge < -0.3 is 10.1 Å². The molecule has 2 aromatic heterocycles. The van der Waals surface area contributed by atoms with Crippen molar-refractivity contribution in [3.05, 3.63) is 56.3 Å². The number of ether oxygens (including phenoxy) is 1. The zero-order chi connectivity index (χ0) is 24.1. The molecule has 1 amide bonds. The van der Waals surface area contributed by atoms with Crippen LogP contribution < -0.4 is 10.9 Å². The number of aromatic nitrogens is 2. The van der Waals surface area contributed by atoms with Crippen molar-refractivity contribution in [3.63, 3.8) is 0 Å². The Bertz CT molecular complexity index is 1340. The first-order valence-electron chi connectivity index (χ1n) is 11.5. The van der Waals surface area contributed by atoms with Crippen LogP contribution in [0.5, 0.6) is 0 Å². The third-order valence-corrected chi connectivity index (χ3v) is 7.11. The number of carbonyl (C=O) groups is 2. The first-order chi connectivity index (χ1) is 16.5. The van der Waals surface area contributed by atoms with Gasteiger partial charge in [0.1, 0.15) is 11.1 Å². The minimum atomic E-state index is -0.776.